The molecule has 1 N–H and O–H groups in total. The number of nitrogens with one attached hydrogen (secondary N) is 1. The first-order valence-corrected chi connectivity index (χ1v) is 12.0. The molecule has 2 aliphatic rings. The minimum absolute atomic E-state index is 0. The van der Waals surface area contributed by atoms with Crippen molar-refractivity contribution in [2.24, 2.45) is 16.8 Å². The van der Waals surface area contributed by atoms with Gasteiger partial charge in [-0.15, -0.1) is 35.3 Å². The van der Waals surface area contributed by atoms with Crippen molar-refractivity contribution in [2.75, 3.05) is 45.9 Å². The van der Waals surface area contributed by atoms with Gasteiger partial charge >= 0.3 is 5.97 Å². The van der Waals surface area contributed by atoms with E-state index in [0.29, 0.717) is 12.5 Å². The molecule has 6 nitrogen and oxygen atoms in total. The van der Waals surface area contributed by atoms with Gasteiger partial charge < -0.3 is 15.0 Å². The average molecular weight is 549 g/mol. The van der Waals surface area contributed by atoms with Crippen LogP contribution in [0.4, 0.5) is 0 Å². The average Bonchev–Trinajstić information content (AvgIpc) is 3.25. The monoisotopic (exact) mass is 548 g/mol. The summed E-state index contributed by atoms with van der Waals surface area (Å²) in [7, 11) is 0. The van der Waals surface area contributed by atoms with Gasteiger partial charge in [-0.25, -0.2) is 0 Å². The number of likely N-dealkylation sites (tertiary alicyclic amines) is 2. The lowest BCUT2D eigenvalue weighted by atomic mass is 9.96. The van der Waals surface area contributed by atoms with Crippen LogP contribution in [0.5, 0.6) is 0 Å². The van der Waals surface area contributed by atoms with Crippen molar-refractivity contribution in [1.29, 1.82) is 0 Å². The predicted molar refractivity (Wildman–Crippen MR) is 135 cm³/mol. The fraction of sp³-hybridized carbons (Fsp3) is 0.727. The molecular formula is C22H37IN4O2S. The zero-order chi connectivity index (χ0) is 20.5. The summed E-state index contributed by atoms with van der Waals surface area (Å²) in [4.78, 5) is 23.3. The van der Waals surface area contributed by atoms with Gasteiger partial charge in [-0.2, -0.15) is 0 Å². The fourth-order valence-corrected chi connectivity index (χ4v) is 4.92. The molecule has 1 aromatic rings. The summed E-state index contributed by atoms with van der Waals surface area (Å²) in [5.41, 5.74) is 0. The summed E-state index contributed by atoms with van der Waals surface area (Å²) in [6, 6.07) is 4.37. The molecule has 30 heavy (non-hydrogen) atoms. The minimum atomic E-state index is -0.0385. The molecule has 0 saturated carbocycles. The van der Waals surface area contributed by atoms with Gasteiger partial charge in [-0.1, -0.05) is 6.07 Å². The van der Waals surface area contributed by atoms with Crippen LogP contribution in [0, 0.1) is 11.8 Å². The highest BCUT2D eigenvalue weighted by Crippen LogP contribution is 2.22. The Balaban J connectivity index is 0.00000320. The number of esters is 1. The number of nitrogens with zero attached hydrogens (tertiary/aromatic N) is 3. The number of hydrogen-bond acceptors (Lipinski definition) is 5. The van der Waals surface area contributed by atoms with Gasteiger partial charge in [0.15, 0.2) is 5.96 Å². The highest BCUT2D eigenvalue weighted by Gasteiger charge is 2.27. The number of carbonyl (C=O) groups is 1. The van der Waals surface area contributed by atoms with Crippen LogP contribution in [-0.4, -0.2) is 67.6 Å². The fourth-order valence-electron chi connectivity index (χ4n) is 4.18. The molecular weight excluding hydrogens is 511 g/mol. The second-order valence-electron chi connectivity index (χ2n) is 8.01. The molecule has 8 heteroatoms. The van der Waals surface area contributed by atoms with Gasteiger partial charge in [-0.3, -0.25) is 14.7 Å². The standard InChI is InChI=1S/C22H36N4O2S.HI/c1-3-23-22(26-13-9-19(10-14-26)21(27)28-4-2)24-16-18-7-11-25(12-8-18)17-20-6-5-15-29-20;/h5-6,15,18-19H,3-4,7-14,16-17H2,1-2H3,(H,23,24);1H. The Morgan fingerprint density at radius 2 is 1.93 bits per heavy atom. The molecule has 0 bridgehead atoms. The highest BCUT2D eigenvalue weighted by molar-refractivity contribution is 14.0. The summed E-state index contributed by atoms with van der Waals surface area (Å²) < 4.78 is 5.19. The van der Waals surface area contributed by atoms with Crippen molar-refractivity contribution in [3.63, 3.8) is 0 Å². The number of guanidine groups is 1. The highest BCUT2D eigenvalue weighted by atomic mass is 127. The summed E-state index contributed by atoms with van der Waals surface area (Å²) in [6.45, 7) is 11.4. The van der Waals surface area contributed by atoms with Crippen molar-refractivity contribution in [3.05, 3.63) is 22.4 Å². The Morgan fingerprint density at radius 1 is 1.20 bits per heavy atom. The van der Waals surface area contributed by atoms with Crippen LogP contribution in [0.15, 0.2) is 22.5 Å². The third kappa shape index (κ3) is 7.67. The summed E-state index contributed by atoms with van der Waals surface area (Å²) >= 11 is 1.85. The first-order chi connectivity index (χ1) is 14.2. The number of aliphatic imine (C=N–C) groups is 1. The Bertz CT molecular complexity index is 640. The third-order valence-electron chi connectivity index (χ3n) is 5.92. The lowest BCUT2D eigenvalue weighted by molar-refractivity contribution is -0.149. The quantitative estimate of drug-likeness (QED) is 0.243. The zero-order valence-corrected chi connectivity index (χ0v) is 21.5. The number of rotatable bonds is 7. The van der Waals surface area contributed by atoms with E-state index in [-0.39, 0.29) is 35.9 Å². The normalized spacial score (nSPS) is 19.4. The van der Waals surface area contributed by atoms with Crippen molar-refractivity contribution in [3.8, 4) is 0 Å². The molecule has 0 aromatic carbocycles. The predicted octanol–water partition coefficient (Wildman–Crippen LogP) is 3.82. The van der Waals surface area contributed by atoms with E-state index < -0.39 is 0 Å². The lowest BCUT2D eigenvalue weighted by Crippen LogP contribution is -2.47. The Morgan fingerprint density at radius 3 is 2.53 bits per heavy atom. The maximum atomic E-state index is 12.0. The van der Waals surface area contributed by atoms with Crippen molar-refractivity contribution in [2.45, 2.75) is 46.1 Å². The van der Waals surface area contributed by atoms with E-state index >= 15 is 0 Å². The SMILES string of the molecule is CCNC(=NCC1CCN(Cc2cccs2)CC1)N1CCC(C(=O)OCC)CC1.I. The summed E-state index contributed by atoms with van der Waals surface area (Å²) in [6.07, 6.45) is 4.15. The third-order valence-corrected chi connectivity index (χ3v) is 6.78. The van der Waals surface area contributed by atoms with Gasteiger partial charge in [0.25, 0.3) is 0 Å². The van der Waals surface area contributed by atoms with Gasteiger partial charge in [0.1, 0.15) is 0 Å². The lowest BCUT2D eigenvalue weighted by Gasteiger charge is -2.34. The Labute approximate surface area is 202 Å². The van der Waals surface area contributed by atoms with Gasteiger partial charge in [0.05, 0.1) is 12.5 Å². The molecule has 1 aromatic heterocycles. The minimum Gasteiger partial charge on any atom is -0.466 e. The van der Waals surface area contributed by atoms with E-state index in [2.05, 4.69) is 39.6 Å². The molecule has 0 aliphatic carbocycles. The summed E-state index contributed by atoms with van der Waals surface area (Å²) in [5.74, 6) is 1.68. The largest absolute Gasteiger partial charge is 0.466 e. The van der Waals surface area contributed by atoms with Crippen molar-refractivity contribution >= 4 is 47.2 Å². The van der Waals surface area contributed by atoms with E-state index in [1.165, 1.54) is 30.8 Å². The molecule has 3 heterocycles. The molecule has 0 atom stereocenters. The van der Waals surface area contributed by atoms with E-state index in [1.807, 2.05) is 18.3 Å². The number of hydrogen-bond donors (Lipinski definition) is 1. The molecule has 0 radical (unpaired) electrons. The van der Waals surface area contributed by atoms with Gasteiger partial charge in [-0.05, 0) is 70.0 Å². The number of piperidine rings is 2. The molecule has 0 amide bonds. The maximum Gasteiger partial charge on any atom is 0.309 e. The van der Waals surface area contributed by atoms with Crippen LogP contribution < -0.4 is 5.32 Å². The van der Waals surface area contributed by atoms with E-state index in [0.717, 1.165) is 51.5 Å². The molecule has 170 valence electrons. The van der Waals surface area contributed by atoms with Crippen LogP contribution in [0.1, 0.15) is 44.4 Å². The number of carbonyl (C=O) groups excluding carboxylic acids is 1. The van der Waals surface area contributed by atoms with E-state index in [4.69, 9.17) is 9.73 Å². The first kappa shape index (κ1) is 25.4. The number of halogens is 1. The van der Waals surface area contributed by atoms with Gasteiger partial charge in [0.2, 0.25) is 0 Å². The van der Waals surface area contributed by atoms with Crippen LogP contribution >= 0.6 is 35.3 Å². The van der Waals surface area contributed by atoms with Crippen LogP contribution in [0.3, 0.4) is 0 Å². The topological polar surface area (TPSA) is 57.2 Å². The molecule has 2 fully saturated rings. The molecule has 3 rings (SSSR count). The molecule has 2 aliphatic heterocycles. The molecule has 2 saturated heterocycles. The Hall–Kier alpha value is -0.870. The second-order valence-corrected chi connectivity index (χ2v) is 9.04. The van der Waals surface area contributed by atoms with Crippen molar-refractivity contribution < 1.29 is 9.53 Å². The molecule has 0 spiro atoms. The smallest absolute Gasteiger partial charge is 0.309 e. The second kappa shape index (κ2) is 13.5. The first-order valence-electron chi connectivity index (χ1n) is 11.1. The van der Waals surface area contributed by atoms with Crippen molar-refractivity contribution in [1.82, 2.24) is 15.1 Å². The van der Waals surface area contributed by atoms with Gasteiger partial charge in [0, 0.05) is 37.6 Å². The molecule has 0 unspecified atom stereocenters. The van der Waals surface area contributed by atoms with E-state index in [1.54, 1.807) is 0 Å². The van der Waals surface area contributed by atoms with Crippen LogP contribution in [0.2, 0.25) is 0 Å². The maximum absolute atomic E-state index is 12.0. The number of ether oxygens (including phenoxy) is 1. The number of thiophene rings is 1. The van der Waals surface area contributed by atoms with Crippen LogP contribution in [-0.2, 0) is 16.1 Å². The zero-order valence-electron chi connectivity index (χ0n) is 18.3. The summed E-state index contributed by atoms with van der Waals surface area (Å²) in [5, 5.41) is 5.61. The van der Waals surface area contributed by atoms with Crippen LogP contribution in [0.25, 0.3) is 0 Å². The Kier molecular flexibility index (Phi) is 11.4. The van der Waals surface area contributed by atoms with E-state index in [9.17, 15) is 4.79 Å².